The predicted octanol–water partition coefficient (Wildman–Crippen LogP) is 1.96. The van der Waals surface area contributed by atoms with Gasteiger partial charge in [0.1, 0.15) is 5.82 Å². The number of nitrogens with zero attached hydrogens (tertiary/aromatic N) is 3. The van der Waals surface area contributed by atoms with Crippen molar-refractivity contribution < 1.29 is 34.3 Å². The molecule has 0 spiro atoms. The van der Waals surface area contributed by atoms with Crippen molar-refractivity contribution in [1.29, 1.82) is 0 Å². The first-order chi connectivity index (χ1) is 16.0. The van der Waals surface area contributed by atoms with Gasteiger partial charge in [-0.15, -0.1) is 12.4 Å². The van der Waals surface area contributed by atoms with Crippen molar-refractivity contribution in [1.82, 2.24) is 19.9 Å². The van der Waals surface area contributed by atoms with E-state index in [1.807, 2.05) is 19.1 Å². The van der Waals surface area contributed by atoms with E-state index in [0.29, 0.717) is 37.8 Å². The monoisotopic (exact) mass is 524 g/mol. The highest BCUT2D eigenvalue weighted by atomic mass is 35.5. The molecule has 2 aromatic heterocycles. The van der Waals surface area contributed by atoms with E-state index >= 15 is 0 Å². The predicted molar refractivity (Wildman–Crippen MR) is 132 cm³/mol. The molecule has 1 aromatic carbocycles. The molecular formula is C24H30ClFN4O6. The normalized spacial score (nSPS) is 21.5. The number of nitrogens with one attached hydrogen (secondary N) is 1. The number of morpholine rings is 1. The van der Waals surface area contributed by atoms with Crippen molar-refractivity contribution in [3.8, 4) is 22.5 Å². The zero-order valence-corrected chi connectivity index (χ0v) is 20.5. The lowest BCUT2D eigenvalue weighted by Crippen LogP contribution is -2.53. The van der Waals surface area contributed by atoms with E-state index in [4.69, 9.17) is 19.2 Å². The molecule has 2 fully saturated rings. The number of hydrogen-bond acceptors (Lipinski definition) is 6. The molecule has 0 aliphatic carbocycles. The van der Waals surface area contributed by atoms with E-state index < -0.39 is 11.7 Å². The van der Waals surface area contributed by atoms with Gasteiger partial charge in [0.25, 0.3) is 0 Å². The second kappa shape index (κ2) is 12.3. The molecule has 0 radical (unpaired) electrons. The standard InChI is InChI=1S/C24H25FN4O4.ClH.2H2O/c1-24(23(30)29-10-12-31-13-11-29)14-32-22(33-15-24)21-27-19(16-2-4-18(25)5-3-16)20(28-21)17-6-8-26-9-7-17;;;/h2-9,22H,10-15H2,1H3,(H,27,28);1H;2*1H2. The van der Waals surface area contributed by atoms with Gasteiger partial charge < -0.3 is 35.0 Å². The van der Waals surface area contributed by atoms with E-state index in [2.05, 4.69) is 9.97 Å². The Morgan fingerprint density at radius 3 is 2.25 bits per heavy atom. The second-order valence-electron chi connectivity index (χ2n) is 8.51. The fraction of sp³-hybridized carbons (Fsp3) is 0.375. The minimum atomic E-state index is -0.770. The maximum absolute atomic E-state index is 13.5. The van der Waals surface area contributed by atoms with Crippen molar-refractivity contribution in [2.75, 3.05) is 39.5 Å². The lowest BCUT2D eigenvalue weighted by Gasteiger charge is -2.39. The first kappa shape index (κ1) is 29.3. The van der Waals surface area contributed by atoms with E-state index in [0.717, 1.165) is 16.8 Å². The van der Waals surface area contributed by atoms with Gasteiger partial charge in [-0.2, -0.15) is 0 Å². The maximum Gasteiger partial charge on any atom is 0.233 e. The van der Waals surface area contributed by atoms with Crippen LogP contribution in [0.15, 0.2) is 48.8 Å². The molecule has 36 heavy (non-hydrogen) atoms. The number of ether oxygens (including phenoxy) is 3. The molecule has 4 heterocycles. The molecule has 5 N–H and O–H groups in total. The number of halogens is 2. The van der Waals surface area contributed by atoms with Crippen LogP contribution in [-0.4, -0.2) is 76.2 Å². The molecule has 0 saturated carbocycles. The Bertz CT molecular complexity index is 1120. The van der Waals surface area contributed by atoms with Gasteiger partial charge in [-0.25, -0.2) is 9.37 Å². The van der Waals surface area contributed by atoms with Crippen molar-refractivity contribution in [3.63, 3.8) is 0 Å². The first-order valence-electron chi connectivity index (χ1n) is 10.9. The topological polar surface area (TPSA) is 153 Å². The van der Waals surface area contributed by atoms with Crippen molar-refractivity contribution in [3.05, 3.63) is 60.4 Å². The Kier molecular flexibility index (Phi) is 10.1. The van der Waals surface area contributed by atoms with Gasteiger partial charge in [0, 0.05) is 36.6 Å². The molecule has 2 aliphatic rings. The lowest BCUT2D eigenvalue weighted by molar-refractivity contribution is -0.235. The Labute approximate surface area is 213 Å². The molecular weight excluding hydrogens is 495 g/mol. The maximum atomic E-state index is 13.5. The average Bonchev–Trinajstić information content (AvgIpc) is 3.31. The number of rotatable bonds is 4. The van der Waals surface area contributed by atoms with Crippen molar-refractivity contribution >= 4 is 18.3 Å². The summed E-state index contributed by atoms with van der Waals surface area (Å²) in [6.45, 7) is 4.52. The summed E-state index contributed by atoms with van der Waals surface area (Å²) in [7, 11) is 0. The number of H-pyrrole nitrogens is 1. The average molecular weight is 525 g/mol. The third kappa shape index (κ3) is 5.89. The zero-order valence-electron chi connectivity index (χ0n) is 19.7. The van der Waals surface area contributed by atoms with Crippen LogP contribution in [0.3, 0.4) is 0 Å². The van der Waals surface area contributed by atoms with E-state index in [-0.39, 0.29) is 48.3 Å². The molecule has 3 aromatic rings. The summed E-state index contributed by atoms with van der Waals surface area (Å²) < 4.78 is 30.8. The fourth-order valence-electron chi connectivity index (χ4n) is 4.09. The number of carbonyl (C=O) groups is 1. The Morgan fingerprint density at radius 1 is 1.03 bits per heavy atom. The molecule has 196 valence electrons. The van der Waals surface area contributed by atoms with Gasteiger partial charge in [0.05, 0.1) is 43.2 Å². The number of imidazole rings is 1. The van der Waals surface area contributed by atoms with Crippen LogP contribution in [0.25, 0.3) is 22.5 Å². The van der Waals surface area contributed by atoms with Crippen LogP contribution in [0.2, 0.25) is 0 Å². The summed E-state index contributed by atoms with van der Waals surface area (Å²) in [5, 5.41) is 0. The van der Waals surface area contributed by atoms with Crippen LogP contribution in [0.5, 0.6) is 0 Å². The second-order valence-corrected chi connectivity index (χ2v) is 8.51. The molecule has 0 unspecified atom stereocenters. The Morgan fingerprint density at radius 2 is 1.64 bits per heavy atom. The number of aromatic amines is 1. The van der Waals surface area contributed by atoms with Gasteiger partial charge in [-0.3, -0.25) is 9.78 Å². The molecule has 12 heteroatoms. The van der Waals surface area contributed by atoms with Crippen LogP contribution in [0, 0.1) is 11.2 Å². The van der Waals surface area contributed by atoms with E-state index in [9.17, 15) is 9.18 Å². The number of aromatic nitrogens is 3. The molecule has 0 bridgehead atoms. The number of hydrogen-bond donors (Lipinski definition) is 1. The minimum Gasteiger partial charge on any atom is -0.412 e. The summed E-state index contributed by atoms with van der Waals surface area (Å²) in [6.07, 6.45) is 2.64. The van der Waals surface area contributed by atoms with Crippen LogP contribution in [0.4, 0.5) is 4.39 Å². The molecule has 10 nitrogen and oxygen atoms in total. The number of pyridine rings is 1. The summed E-state index contributed by atoms with van der Waals surface area (Å²) in [4.78, 5) is 26.9. The summed E-state index contributed by atoms with van der Waals surface area (Å²) in [5.74, 6) is 0.179. The molecule has 0 atom stereocenters. The van der Waals surface area contributed by atoms with Gasteiger partial charge in [0.2, 0.25) is 12.2 Å². The van der Waals surface area contributed by atoms with Crippen molar-refractivity contribution in [2.45, 2.75) is 13.2 Å². The third-order valence-corrected chi connectivity index (χ3v) is 5.95. The summed E-state index contributed by atoms with van der Waals surface area (Å²) >= 11 is 0. The van der Waals surface area contributed by atoms with Crippen LogP contribution < -0.4 is 0 Å². The Hall–Kier alpha value is -2.93. The highest BCUT2D eigenvalue weighted by Crippen LogP contribution is 2.36. The number of benzene rings is 1. The SMILES string of the molecule is CC1(C(=O)N2CCOCC2)COC(c2nc(-c3ccc(F)cc3)c(-c3ccncc3)[nH]2)OC1.Cl.O.O. The third-order valence-electron chi connectivity index (χ3n) is 5.95. The van der Waals surface area contributed by atoms with Gasteiger partial charge in [-0.05, 0) is 43.3 Å². The largest absolute Gasteiger partial charge is 0.412 e. The number of amides is 1. The van der Waals surface area contributed by atoms with Gasteiger partial charge >= 0.3 is 0 Å². The quantitative estimate of drug-likeness (QED) is 0.550. The summed E-state index contributed by atoms with van der Waals surface area (Å²) in [6, 6.07) is 9.89. The van der Waals surface area contributed by atoms with E-state index in [1.165, 1.54) is 12.1 Å². The van der Waals surface area contributed by atoms with E-state index in [1.54, 1.807) is 29.4 Å². The van der Waals surface area contributed by atoms with Crippen LogP contribution >= 0.6 is 12.4 Å². The molecule has 1 amide bonds. The first-order valence-corrected chi connectivity index (χ1v) is 10.9. The highest BCUT2D eigenvalue weighted by molar-refractivity contribution is 5.85. The lowest BCUT2D eigenvalue weighted by atomic mass is 9.90. The van der Waals surface area contributed by atoms with Gasteiger partial charge in [0.15, 0.2) is 5.82 Å². The Balaban J connectivity index is 0.00000152. The molecule has 5 rings (SSSR count). The smallest absolute Gasteiger partial charge is 0.233 e. The number of carbonyl (C=O) groups excluding carboxylic acids is 1. The van der Waals surface area contributed by atoms with Gasteiger partial charge in [-0.1, -0.05) is 0 Å². The molecule has 2 saturated heterocycles. The molecule has 2 aliphatic heterocycles. The summed E-state index contributed by atoms with van der Waals surface area (Å²) in [5.41, 5.74) is 2.28. The van der Waals surface area contributed by atoms with Crippen LogP contribution in [-0.2, 0) is 19.0 Å². The van der Waals surface area contributed by atoms with Crippen LogP contribution in [0.1, 0.15) is 19.0 Å². The zero-order chi connectivity index (χ0) is 22.8. The fourth-order valence-corrected chi connectivity index (χ4v) is 4.09. The van der Waals surface area contributed by atoms with Crippen molar-refractivity contribution in [2.24, 2.45) is 5.41 Å². The highest BCUT2D eigenvalue weighted by Gasteiger charge is 2.43. The minimum absolute atomic E-state index is 0.